The zero-order valence-electron chi connectivity index (χ0n) is 8.83. The van der Waals surface area contributed by atoms with Crippen molar-refractivity contribution in [3.05, 3.63) is 42.0 Å². The van der Waals surface area contributed by atoms with Gasteiger partial charge in [0.25, 0.3) is 0 Å². The highest BCUT2D eigenvalue weighted by molar-refractivity contribution is 7.87. The third-order valence-corrected chi connectivity index (χ3v) is 4.00. The van der Waals surface area contributed by atoms with Gasteiger partial charge in [-0.1, -0.05) is 30.3 Å². The van der Waals surface area contributed by atoms with Gasteiger partial charge in [0.2, 0.25) is 0 Å². The van der Waals surface area contributed by atoms with E-state index in [1.54, 1.807) is 12.1 Å². The van der Waals surface area contributed by atoms with Crippen LogP contribution in [0.2, 0.25) is 0 Å². The fraction of sp³-hybridized carbons (Fsp3) is 0.167. The van der Waals surface area contributed by atoms with Crippen LogP contribution >= 0.6 is 0 Å². The van der Waals surface area contributed by atoms with E-state index in [2.05, 4.69) is 0 Å². The number of fused-ring (bicyclic) bond motifs is 3. The molecule has 17 heavy (non-hydrogen) atoms. The van der Waals surface area contributed by atoms with Gasteiger partial charge in [-0.3, -0.25) is 0 Å². The maximum atomic E-state index is 11.4. The molecule has 1 aliphatic rings. The largest absolute Gasteiger partial charge is 0.387 e. The summed E-state index contributed by atoms with van der Waals surface area (Å²) in [5.74, 6) is -0.170. The van der Waals surface area contributed by atoms with E-state index in [9.17, 15) is 13.5 Å². The van der Waals surface area contributed by atoms with Crippen molar-refractivity contribution in [3.8, 4) is 5.75 Å². The molecule has 0 aromatic heterocycles. The van der Waals surface area contributed by atoms with Gasteiger partial charge in [0.05, 0.1) is 0 Å². The molecule has 2 aromatic carbocycles. The second kappa shape index (κ2) is 3.45. The maximum Gasteiger partial charge on any atom is 0.312 e. The number of hydrogen-bond donors (Lipinski definition) is 1. The highest BCUT2D eigenvalue weighted by atomic mass is 32.2. The van der Waals surface area contributed by atoms with Crippen LogP contribution in [-0.2, 0) is 10.1 Å². The van der Waals surface area contributed by atoms with Crippen molar-refractivity contribution in [2.24, 2.45) is 0 Å². The summed E-state index contributed by atoms with van der Waals surface area (Å²) >= 11 is 0. The van der Waals surface area contributed by atoms with Crippen molar-refractivity contribution >= 4 is 20.9 Å². The molecule has 5 heteroatoms. The number of hydrogen-bond acceptors (Lipinski definition) is 4. The Hall–Kier alpha value is -1.59. The third-order valence-electron chi connectivity index (χ3n) is 2.84. The lowest BCUT2D eigenvalue weighted by atomic mass is 10.00. The highest BCUT2D eigenvalue weighted by Crippen LogP contribution is 2.37. The summed E-state index contributed by atoms with van der Waals surface area (Å²) in [6, 6.07) is 10.9. The van der Waals surface area contributed by atoms with E-state index < -0.39 is 22.0 Å². The zero-order valence-corrected chi connectivity index (χ0v) is 9.65. The Morgan fingerprint density at radius 2 is 1.94 bits per heavy atom. The lowest BCUT2D eigenvalue weighted by Crippen LogP contribution is -2.25. The van der Waals surface area contributed by atoms with Crippen LogP contribution in [0.1, 0.15) is 11.7 Å². The van der Waals surface area contributed by atoms with Crippen LogP contribution in [0.3, 0.4) is 0 Å². The van der Waals surface area contributed by atoms with E-state index in [0.29, 0.717) is 5.56 Å². The molecule has 88 valence electrons. The van der Waals surface area contributed by atoms with Crippen molar-refractivity contribution in [2.45, 2.75) is 6.10 Å². The van der Waals surface area contributed by atoms with E-state index in [1.165, 1.54) is 0 Å². The van der Waals surface area contributed by atoms with Crippen LogP contribution in [0.5, 0.6) is 5.75 Å². The van der Waals surface area contributed by atoms with Gasteiger partial charge in [-0.15, -0.1) is 0 Å². The summed E-state index contributed by atoms with van der Waals surface area (Å²) in [4.78, 5) is 0. The van der Waals surface area contributed by atoms with Crippen LogP contribution in [0, 0.1) is 0 Å². The van der Waals surface area contributed by atoms with E-state index >= 15 is 0 Å². The topological polar surface area (TPSA) is 63.6 Å². The molecule has 0 aliphatic carbocycles. The van der Waals surface area contributed by atoms with Gasteiger partial charge in [-0.2, -0.15) is 8.42 Å². The minimum atomic E-state index is -3.66. The Balaban J connectivity index is 2.34. The molecule has 0 saturated carbocycles. The van der Waals surface area contributed by atoms with E-state index in [0.717, 1.165) is 10.8 Å². The average Bonchev–Trinajstić information content (AvgIpc) is 2.26. The minimum absolute atomic E-state index is 0.224. The van der Waals surface area contributed by atoms with Crippen LogP contribution in [0.15, 0.2) is 36.4 Å². The van der Waals surface area contributed by atoms with Gasteiger partial charge in [0, 0.05) is 5.56 Å². The fourth-order valence-corrected chi connectivity index (χ4v) is 3.18. The lowest BCUT2D eigenvalue weighted by Gasteiger charge is -2.23. The average molecular weight is 250 g/mol. The highest BCUT2D eigenvalue weighted by Gasteiger charge is 2.31. The van der Waals surface area contributed by atoms with Gasteiger partial charge in [0.15, 0.2) is 0 Å². The Labute approximate surface area is 98.6 Å². The fourth-order valence-electron chi connectivity index (χ4n) is 2.14. The summed E-state index contributed by atoms with van der Waals surface area (Å²) in [6.45, 7) is 0. The predicted molar refractivity (Wildman–Crippen MR) is 63.3 cm³/mol. The molecule has 1 heterocycles. The van der Waals surface area contributed by atoms with E-state index in [4.69, 9.17) is 4.18 Å². The van der Waals surface area contributed by atoms with E-state index in [-0.39, 0.29) is 5.75 Å². The second-order valence-corrected chi connectivity index (χ2v) is 5.64. The first-order valence-corrected chi connectivity index (χ1v) is 6.76. The van der Waals surface area contributed by atoms with Crippen LogP contribution in [0.4, 0.5) is 0 Å². The zero-order chi connectivity index (χ0) is 12.0. The Bertz CT molecular complexity index is 691. The van der Waals surface area contributed by atoms with Crippen LogP contribution < -0.4 is 4.18 Å². The molecule has 0 fully saturated rings. The Kier molecular flexibility index (Phi) is 2.14. The summed E-state index contributed by atoms with van der Waals surface area (Å²) in [7, 11) is -3.66. The molecule has 4 nitrogen and oxygen atoms in total. The Morgan fingerprint density at radius 3 is 2.76 bits per heavy atom. The summed E-state index contributed by atoms with van der Waals surface area (Å²) in [5, 5.41) is 11.7. The van der Waals surface area contributed by atoms with Crippen molar-refractivity contribution in [2.75, 3.05) is 5.75 Å². The molecule has 0 saturated heterocycles. The van der Waals surface area contributed by atoms with Crippen LogP contribution in [0.25, 0.3) is 10.8 Å². The van der Waals surface area contributed by atoms with Crippen molar-refractivity contribution < 1.29 is 17.7 Å². The first kappa shape index (κ1) is 10.6. The van der Waals surface area contributed by atoms with Gasteiger partial charge < -0.3 is 9.29 Å². The normalized spacial score (nSPS) is 21.8. The van der Waals surface area contributed by atoms with Gasteiger partial charge in [-0.25, -0.2) is 0 Å². The SMILES string of the molecule is O=S1(=O)CC(O)c2c(ccc3ccccc23)O1. The minimum Gasteiger partial charge on any atom is -0.387 e. The number of benzene rings is 2. The first-order valence-electron chi connectivity index (χ1n) is 5.19. The van der Waals surface area contributed by atoms with Gasteiger partial charge in [0.1, 0.15) is 17.6 Å². The molecule has 1 atom stereocenters. The Morgan fingerprint density at radius 1 is 1.18 bits per heavy atom. The molecule has 2 aromatic rings. The van der Waals surface area contributed by atoms with Crippen molar-refractivity contribution in [1.82, 2.24) is 0 Å². The number of aliphatic hydroxyl groups excluding tert-OH is 1. The monoisotopic (exact) mass is 250 g/mol. The molecule has 1 unspecified atom stereocenters. The van der Waals surface area contributed by atoms with Gasteiger partial charge in [-0.05, 0) is 16.8 Å². The number of aliphatic hydroxyl groups is 1. The molecule has 1 aliphatic heterocycles. The van der Waals surface area contributed by atoms with Crippen LogP contribution in [-0.4, -0.2) is 19.3 Å². The molecule has 0 spiro atoms. The predicted octanol–water partition coefficient (Wildman–Crippen LogP) is 1.60. The maximum absolute atomic E-state index is 11.4. The first-order chi connectivity index (χ1) is 8.07. The smallest absolute Gasteiger partial charge is 0.312 e. The molecular formula is C12H10O4S. The second-order valence-electron chi connectivity index (χ2n) is 4.02. The molecule has 3 rings (SSSR count). The summed E-state index contributed by atoms with van der Waals surface area (Å²) in [5.41, 5.74) is 0.554. The van der Waals surface area contributed by atoms with Gasteiger partial charge >= 0.3 is 10.1 Å². The lowest BCUT2D eigenvalue weighted by molar-refractivity contribution is 0.192. The molecule has 0 radical (unpaired) electrons. The molecular weight excluding hydrogens is 240 g/mol. The molecule has 1 N–H and O–H groups in total. The van der Waals surface area contributed by atoms with Crippen molar-refractivity contribution in [3.63, 3.8) is 0 Å². The number of rotatable bonds is 0. The third kappa shape index (κ3) is 1.67. The molecule has 0 amide bonds. The quantitative estimate of drug-likeness (QED) is 0.721. The van der Waals surface area contributed by atoms with Crippen molar-refractivity contribution in [1.29, 1.82) is 0 Å². The molecule has 0 bridgehead atoms. The van der Waals surface area contributed by atoms with E-state index in [1.807, 2.05) is 24.3 Å². The summed E-state index contributed by atoms with van der Waals surface area (Å²) < 4.78 is 27.7. The summed E-state index contributed by atoms with van der Waals surface area (Å²) in [6.07, 6.45) is -1.03. The standard InChI is InChI=1S/C12H10O4S/c13-10-7-17(14,15)16-11-6-5-8-3-1-2-4-9(8)12(10)11/h1-6,10,13H,7H2.